The van der Waals surface area contributed by atoms with Crippen molar-refractivity contribution in [2.24, 2.45) is 0 Å². The summed E-state index contributed by atoms with van der Waals surface area (Å²) in [5.74, 6) is 0. The molecule has 0 fully saturated rings. The van der Waals surface area contributed by atoms with E-state index in [9.17, 15) is 16.8 Å². The maximum Gasteiger partial charge on any atom is 0.268 e. The standard InChI is InChI=1S/C21H17NO4S2/c1-27(23,24)19-12-13-20-17(14-19)15-21(16-8-4-2-5-9-16)22(20)28(25,26)18-10-6-3-7-11-18/h2-15H,1H3. The second kappa shape index (κ2) is 6.61. The van der Waals surface area contributed by atoms with E-state index in [-0.39, 0.29) is 9.79 Å². The molecule has 3 aromatic carbocycles. The van der Waals surface area contributed by atoms with Gasteiger partial charge < -0.3 is 0 Å². The molecular formula is C21H17NO4S2. The molecule has 7 heteroatoms. The quantitative estimate of drug-likeness (QED) is 0.510. The first kappa shape index (κ1) is 18.5. The summed E-state index contributed by atoms with van der Waals surface area (Å²) in [4.78, 5) is 0.311. The van der Waals surface area contributed by atoms with E-state index in [1.807, 2.05) is 30.3 Å². The average molecular weight is 412 g/mol. The van der Waals surface area contributed by atoms with Crippen LogP contribution in [0.3, 0.4) is 0 Å². The van der Waals surface area contributed by atoms with Crippen LogP contribution in [0.15, 0.2) is 94.7 Å². The summed E-state index contributed by atoms with van der Waals surface area (Å²) in [6, 6.07) is 23.5. The van der Waals surface area contributed by atoms with Crippen molar-refractivity contribution in [1.29, 1.82) is 0 Å². The third-order valence-corrected chi connectivity index (χ3v) is 7.36. The van der Waals surface area contributed by atoms with Crippen molar-refractivity contribution in [3.63, 3.8) is 0 Å². The molecule has 4 aromatic rings. The Morgan fingerprint density at radius 2 is 1.29 bits per heavy atom. The summed E-state index contributed by atoms with van der Waals surface area (Å²) in [6.45, 7) is 0. The van der Waals surface area contributed by atoms with E-state index in [0.29, 0.717) is 16.6 Å². The molecule has 0 atom stereocenters. The van der Waals surface area contributed by atoms with Crippen molar-refractivity contribution in [2.75, 3.05) is 6.26 Å². The Bertz CT molecular complexity index is 1370. The van der Waals surface area contributed by atoms with E-state index < -0.39 is 19.9 Å². The van der Waals surface area contributed by atoms with E-state index >= 15 is 0 Å². The number of hydrogen-bond acceptors (Lipinski definition) is 4. The Labute approximate surface area is 163 Å². The normalized spacial score (nSPS) is 12.3. The highest BCUT2D eigenvalue weighted by Crippen LogP contribution is 2.33. The fourth-order valence-corrected chi connectivity index (χ4v) is 5.38. The molecule has 0 saturated carbocycles. The number of sulfone groups is 1. The minimum atomic E-state index is -3.88. The molecule has 5 nitrogen and oxygen atoms in total. The highest BCUT2D eigenvalue weighted by molar-refractivity contribution is 7.90. The molecule has 4 rings (SSSR count). The highest BCUT2D eigenvalue weighted by Gasteiger charge is 2.24. The number of aromatic nitrogens is 1. The topological polar surface area (TPSA) is 73.2 Å². The van der Waals surface area contributed by atoms with Gasteiger partial charge in [-0.25, -0.2) is 20.8 Å². The van der Waals surface area contributed by atoms with Gasteiger partial charge in [0, 0.05) is 11.6 Å². The molecular weight excluding hydrogens is 394 g/mol. The Balaban J connectivity index is 2.08. The van der Waals surface area contributed by atoms with Crippen molar-refractivity contribution >= 4 is 30.8 Å². The van der Waals surface area contributed by atoms with Crippen molar-refractivity contribution < 1.29 is 16.8 Å². The summed E-state index contributed by atoms with van der Waals surface area (Å²) < 4.78 is 52.0. The summed E-state index contributed by atoms with van der Waals surface area (Å²) >= 11 is 0. The predicted octanol–water partition coefficient (Wildman–Crippen LogP) is 3.95. The number of hydrogen-bond donors (Lipinski definition) is 0. The lowest BCUT2D eigenvalue weighted by atomic mass is 10.1. The molecule has 0 spiro atoms. The smallest absolute Gasteiger partial charge is 0.233 e. The van der Waals surface area contributed by atoms with Crippen molar-refractivity contribution in [3.05, 3.63) is 84.9 Å². The fourth-order valence-electron chi connectivity index (χ4n) is 3.17. The van der Waals surface area contributed by atoms with Gasteiger partial charge in [-0.1, -0.05) is 48.5 Å². The van der Waals surface area contributed by atoms with Crippen LogP contribution >= 0.6 is 0 Å². The molecule has 0 unspecified atom stereocenters. The lowest BCUT2D eigenvalue weighted by Gasteiger charge is -2.12. The fraction of sp³-hybridized carbons (Fsp3) is 0.0476. The third kappa shape index (κ3) is 3.12. The predicted molar refractivity (Wildman–Crippen MR) is 110 cm³/mol. The van der Waals surface area contributed by atoms with Gasteiger partial charge in [0.25, 0.3) is 10.0 Å². The third-order valence-electron chi connectivity index (χ3n) is 4.51. The van der Waals surface area contributed by atoms with Gasteiger partial charge in [0.05, 0.1) is 21.0 Å². The first-order chi connectivity index (χ1) is 13.3. The lowest BCUT2D eigenvalue weighted by molar-refractivity contribution is 0.589. The van der Waals surface area contributed by atoms with Crippen molar-refractivity contribution in [1.82, 2.24) is 3.97 Å². The van der Waals surface area contributed by atoms with E-state index in [1.165, 1.54) is 16.1 Å². The van der Waals surface area contributed by atoms with Gasteiger partial charge in [-0.2, -0.15) is 0 Å². The van der Waals surface area contributed by atoms with Crippen LogP contribution in [0.4, 0.5) is 0 Å². The Morgan fingerprint density at radius 1 is 0.679 bits per heavy atom. The summed E-state index contributed by atoms with van der Waals surface area (Å²) in [5, 5.41) is 0.543. The molecule has 0 N–H and O–H groups in total. The van der Waals surface area contributed by atoms with Gasteiger partial charge >= 0.3 is 0 Å². The minimum absolute atomic E-state index is 0.147. The Hall–Kier alpha value is -2.90. The highest BCUT2D eigenvalue weighted by atomic mass is 32.2. The first-order valence-corrected chi connectivity index (χ1v) is 11.8. The van der Waals surface area contributed by atoms with E-state index in [2.05, 4.69) is 0 Å². The zero-order chi connectivity index (χ0) is 19.9. The van der Waals surface area contributed by atoms with Crippen LogP contribution in [0.5, 0.6) is 0 Å². The minimum Gasteiger partial charge on any atom is -0.233 e. The molecule has 0 aliphatic heterocycles. The van der Waals surface area contributed by atoms with Crippen LogP contribution < -0.4 is 0 Å². The zero-order valence-corrected chi connectivity index (χ0v) is 16.6. The maximum absolute atomic E-state index is 13.4. The summed E-state index contributed by atoms with van der Waals surface area (Å²) in [5.41, 5.74) is 1.62. The molecule has 0 amide bonds. The molecule has 0 radical (unpaired) electrons. The van der Waals surface area contributed by atoms with Crippen LogP contribution in [0.1, 0.15) is 0 Å². The number of benzene rings is 3. The van der Waals surface area contributed by atoms with Crippen LogP contribution in [-0.2, 0) is 19.9 Å². The van der Waals surface area contributed by atoms with Gasteiger partial charge in [-0.15, -0.1) is 0 Å². The second-order valence-electron chi connectivity index (χ2n) is 6.47. The van der Waals surface area contributed by atoms with Crippen LogP contribution in [-0.4, -0.2) is 27.1 Å². The molecule has 142 valence electrons. The van der Waals surface area contributed by atoms with Crippen LogP contribution in [0, 0.1) is 0 Å². The van der Waals surface area contributed by atoms with Crippen molar-refractivity contribution in [3.8, 4) is 11.3 Å². The van der Waals surface area contributed by atoms with Gasteiger partial charge in [0.15, 0.2) is 9.84 Å². The SMILES string of the molecule is CS(=O)(=O)c1ccc2c(c1)cc(-c1ccccc1)n2S(=O)(=O)c1ccccc1. The molecule has 1 aromatic heterocycles. The van der Waals surface area contributed by atoms with Gasteiger partial charge in [0.1, 0.15) is 0 Å². The van der Waals surface area contributed by atoms with Crippen LogP contribution in [0.25, 0.3) is 22.2 Å². The molecule has 0 bridgehead atoms. The molecule has 0 saturated heterocycles. The van der Waals surface area contributed by atoms with E-state index in [1.54, 1.807) is 42.5 Å². The molecule has 0 aliphatic carbocycles. The summed E-state index contributed by atoms with van der Waals surface area (Å²) in [6.07, 6.45) is 1.13. The number of rotatable bonds is 4. The maximum atomic E-state index is 13.4. The Morgan fingerprint density at radius 3 is 1.89 bits per heavy atom. The molecule has 1 heterocycles. The number of fused-ring (bicyclic) bond motifs is 1. The Kier molecular flexibility index (Phi) is 4.36. The summed E-state index contributed by atoms with van der Waals surface area (Å²) in [7, 11) is -7.29. The van der Waals surface area contributed by atoms with E-state index in [4.69, 9.17) is 0 Å². The van der Waals surface area contributed by atoms with Gasteiger partial charge in [-0.3, -0.25) is 0 Å². The average Bonchev–Trinajstić information content (AvgIpc) is 3.08. The van der Waals surface area contributed by atoms with Crippen molar-refractivity contribution in [2.45, 2.75) is 9.79 Å². The largest absolute Gasteiger partial charge is 0.268 e. The monoisotopic (exact) mass is 411 g/mol. The molecule has 28 heavy (non-hydrogen) atoms. The molecule has 0 aliphatic rings. The zero-order valence-electron chi connectivity index (χ0n) is 15.0. The van der Waals surface area contributed by atoms with Crippen LogP contribution in [0.2, 0.25) is 0 Å². The number of nitrogens with zero attached hydrogens (tertiary/aromatic N) is 1. The van der Waals surface area contributed by atoms with E-state index in [0.717, 1.165) is 11.8 Å². The van der Waals surface area contributed by atoms with Gasteiger partial charge in [-0.05, 0) is 42.0 Å². The van der Waals surface area contributed by atoms with Gasteiger partial charge in [0.2, 0.25) is 0 Å². The first-order valence-electron chi connectivity index (χ1n) is 8.50. The second-order valence-corrected chi connectivity index (χ2v) is 10.3. The lowest BCUT2D eigenvalue weighted by Crippen LogP contribution is -2.14.